The standard InChI is InChI=1S/C56H39NS.C50H35NS/c1-55(2)46-23-11-8-21-42(46)44-31-29-38(34-49(44)55)57(51-26-14-10-19-40(51)36-16-4-3-5-17-36)39-30-32-45-43-22-9-12-24-47(43)56(50(45)35-39)48-25-13-15-27-52(48)58-53-33-28-37-18-6-7-20-41(37)54(53)56;1-49(2)41-20-10-8-18-37(41)39-27-25-34(30-44(39)49)51(33-15-4-3-5-16-33)35-26-28-40-38-19-9-11-21-42(38)50(45(40)31-35)43-22-12-13-23-46(43)52-47-29-24-32-14-6-7-17-36(32)48(47)50/h3-35H,1-2H3;3-31H,1-2H3. The molecule has 17 aromatic carbocycles. The first-order chi connectivity index (χ1) is 54.1. The van der Waals surface area contributed by atoms with Crippen LogP contribution < -0.4 is 9.80 Å². The predicted octanol–water partition coefficient (Wildman–Crippen LogP) is 28.6. The number of rotatable bonds is 7. The van der Waals surface area contributed by atoms with E-state index in [2.05, 4.69) is 414 Å². The molecule has 110 heavy (non-hydrogen) atoms. The van der Waals surface area contributed by atoms with Crippen molar-refractivity contribution >= 4 is 79.2 Å². The predicted molar refractivity (Wildman–Crippen MR) is 461 cm³/mol. The van der Waals surface area contributed by atoms with Crippen molar-refractivity contribution in [3.05, 3.63) is 443 Å². The van der Waals surface area contributed by atoms with Crippen LogP contribution in [0.1, 0.15) is 94.5 Å². The molecular weight excluding hydrogens is 1370 g/mol. The minimum absolute atomic E-state index is 0.0951. The molecule has 0 saturated carbocycles. The number of fused-ring (bicyclic) bond motifs is 28. The van der Waals surface area contributed by atoms with Crippen LogP contribution in [0.3, 0.4) is 0 Å². The SMILES string of the molecule is CC1(C)c2ccccc2-c2ccc(N(c3ccc4c(c3)C3(c5ccccc5Sc5ccc6ccccc6c53)c3ccccc3-4)c3ccccc3-c3ccccc3)cc21.CC1(C)c2ccccc2-c2ccc(N(c3ccccc3)c3ccc4c(c3)C3(c5ccccc5Sc5ccc6ccccc6c53)c3ccccc3-4)cc21. The second-order valence-electron chi connectivity index (χ2n) is 31.3. The van der Waals surface area contributed by atoms with Gasteiger partial charge < -0.3 is 9.80 Å². The molecule has 520 valence electrons. The van der Waals surface area contributed by atoms with Crippen LogP contribution in [0.25, 0.3) is 77.2 Å². The van der Waals surface area contributed by atoms with Gasteiger partial charge in [-0.3, -0.25) is 0 Å². The van der Waals surface area contributed by atoms with Gasteiger partial charge in [-0.1, -0.05) is 336 Å². The fourth-order valence-corrected chi connectivity index (χ4v) is 22.7. The molecule has 0 N–H and O–H groups in total. The van der Waals surface area contributed by atoms with Crippen LogP contribution in [0.4, 0.5) is 34.1 Å². The van der Waals surface area contributed by atoms with Crippen molar-refractivity contribution in [1.82, 2.24) is 0 Å². The summed E-state index contributed by atoms with van der Waals surface area (Å²) >= 11 is 3.81. The molecule has 4 heteroatoms. The molecule has 0 bridgehead atoms. The molecule has 2 aliphatic heterocycles. The summed E-state index contributed by atoms with van der Waals surface area (Å²) in [6.07, 6.45) is 0. The monoisotopic (exact) mass is 1440 g/mol. The Kier molecular flexibility index (Phi) is 14.4. The fourth-order valence-electron chi connectivity index (χ4n) is 20.3. The number of benzene rings is 17. The smallest absolute Gasteiger partial charge is 0.0742 e. The van der Waals surface area contributed by atoms with Crippen molar-refractivity contribution in [3.63, 3.8) is 0 Å². The van der Waals surface area contributed by atoms with Crippen LogP contribution in [0, 0.1) is 0 Å². The molecule has 0 aromatic heterocycles. The minimum Gasteiger partial charge on any atom is -0.310 e. The van der Waals surface area contributed by atoms with Gasteiger partial charge in [0.05, 0.1) is 16.5 Å². The van der Waals surface area contributed by atoms with Gasteiger partial charge in [0, 0.05) is 64.4 Å². The quantitative estimate of drug-likeness (QED) is 0.157. The first-order valence-corrected chi connectivity index (χ1v) is 40.1. The van der Waals surface area contributed by atoms with Gasteiger partial charge >= 0.3 is 0 Å². The lowest BCUT2D eigenvalue weighted by Crippen LogP contribution is -2.32. The molecule has 2 atom stereocenters. The lowest BCUT2D eigenvalue weighted by atomic mass is 9.66. The second-order valence-corrected chi connectivity index (χ2v) is 33.4. The van der Waals surface area contributed by atoms with Gasteiger partial charge in [-0.05, 0) is 229 Å². The van der Waals surface area contributed by atoms with E-state index in [1.807, 2.05) is 23.5 Å². The Balaban J connectivity index is 0.000000136. The van der Waals surface area contributed by atoms with Crippen molar-refractivity contribution in [2.24, 2.45) is 0 Å². The molecule has 4 aliphatic carbocycles. The van der Waals surface area contributed by atoms with Gasteiger partial charge in [-0.15, -0.1) is 0 Å². The van der Waals surface area contributed by atoms with E-state index in [1.54, 1.807) is 0 Å². The Hall–Kier alpha value is -12.4. The third-order valence-electron chi connectivity index (χ3n) is 25.0. The van der Waals surface area contributed by atoms with E-state index in [0.717, 1.165) is 28.4 Å². The average molecular weight is 1440 g/mol. The van der Waals surface area contributed by atoms with Gasteiger partial charge in [-0.25, -0.2) is 0 Å². The van der Waals surface area contributed by atoms with E-state index in [1.165, 1.54) is 169 Å². The summed E-state index contributed by atoms with van der Waals surface area (Å²) in [6, 6.07) is 141. The summed E-state index contributed by atoms with van der Waals surface area (Å²) in [7, 11) is 0. The van der Waals surface area contributed by atoms with E-state index in [9.17, 15) is 0 Å². The van der Waals surface area contributed by atoms with E-state index in [0.29, 0.717) is 0 Å². The van der Waals surface area contributed by atoms with Crippen molar-refractivity contribution in [1.29, 1.82) is 0 Å². The zero-order valence-corrected chi connectivity index (χ0v) is 63.1. The van der Waals surface area contributed by atoms with Crippen LogP contribution >= 0.6 is 23.5 Å². The van der Waals surface area contributed by atoms with Gasteiger partial charge in [0.1, 0.15) is 0 Å². The topological polar surface area (TPSA) is 6.48 Å². The van der Waals surface area contributed by atoms with Gasteiger partial charge in [-0.2, -0.15) is 0 Å². The van der Waals surface area contributed by atoms with E-state index in [4.69, 9.17) is 0 Å². The zero-order valence-electron chi connectivity index (χ0n) is 61.5. The van der Waals surface area contributed by atoms with E-state index >= 15 is 0 Å². The van der Waals surface area contributed by atoms with Crippen molar-refractivity contribution in [3.8, 4) is 55.6 Å². The zero-order chi connectivity index (χ0) is 73.2. The Labute approximate surface area is 651 Å². The molecule has 0 saturated heterocycles. The lowest BCUT2D eigenvalue weighted by molar-refractivity contribution is 0.660. The normalized spacial score (nSPS) is 16.5. The van der Waals surface area contributed by atoms with Crippen molar-refractivity contribution in [2.75, 3.05) is 9.80 Å². The third kappa shape index (κ3) is 9.21. The molecule has 2 spiro atoms. The number of para-hydroxylation sites is 2. The molecular formula is C106H74N2S2. The van der Waals surface area contributed by atoms with Crippen LogP contribution in [-0.4, -0.2) is 0 Å². The molecule has 0 fully saturated rings. The summed E-state index contributed by atoms with van der Waals surface area (Å²) in [6.45, 7) is 9.48. The largest absolute Gasteiger partial charge is 0.310 e. The molecule has 2 unspecified atom stereocenters. The van der Waals surface area contributed by atoms with Crippen molar-refractivity contribution in [2.45, 2.75) is 68.9 Å². The Bertz CT molecular complexity index is 6710. The number of nitrogens with zero attached hydrogens (tertiary/aromatic N) is 2. The highest BCUT2D eigenvalue weighted by Crippen LogP contribution is 2.67. The Morgan fingerprint density at radius 2 is 0.536 bits per heavy atom. The fraction of sp³-hybridized carbons (Fsp3) is 0.0755. The van der Waals surface area contributed by atoms with Crippen LogP contribution in [-0.2, 0) is 21.7 Å². The molecule has 23 rings (SSSR count). The van der Waals surface area contributed by atoms with Crippen LogP contribution in [0.15, 0.2) is 396 Å². The van der Waals surface area contributed by atoms with Crippen LogP contribution in [0.2, 0.25) is 0 Å². The summed E-state index contributed by atoms with van der Waals surface area (Å²) in [4.78, 5) is 10.3. The molecule has 0 radical (unpaired) electrons. The minimum atomic E-state index is -0.522. The molecule has 2 heterocycles. The average Bonchev–Trinajstić information content (AvgIpc) is 1.48. The third-order valence-corrected chi connectivity index (χ3v) is 27.3. The van der Waals surface area contributed by atoms with Gasteiger partial charge in [0.15, 0.2) is 0 Å². The highest BCUT2D eigenvalue weighted by Gasteiger charge is 2.54. The number of hydrogen-bond donors (Lipinski definition) is 0. The van der Waals surface area contributed by atoms with E-state index in [-0.39, 0.29) is 10.8 Å². The van der Waals surface area contributed by atoms with Crippen molar-refractivity contribution < 1.29 is 0 Å². The first-order valence-electron chi connectivity index (χ1n) is 38.4. The summed E-state index contributed by atoms with van der Waals surface area (Å²) < 4.78 is 0. The molecule has 0 amide bonds. The number of anilines is 6. The lowest BCUT2D eigenvalue weighted by Gasteiger charge is -2.41. The highest BCUT2D eigenvalue weighted by atomic mass is 32.2. The maximum absolute atomic E-state index is 2.53. The van der Waals surface area contributed by atoms with E-state index < -0.39 is 10.8 Å². The maximum Gasteiger partial charge on any atom is 0.0742 e. The second kappa shape index (κ2) is 24.5. The summed E-state index contributed by atoms with van der Waals surface area (Å²) in [5.74, 6) is 0. The molecule has 6 aliphatic rings. The molecule has 2 nitrogen and oxygen atoms in total. The highest BCUT2D eigenvalue weighted by molar-refractivity contribution is 7.99. The summed E-state index contributed by atoms with van der Waals surface area (Å²) in [5, 5.41) is 5.16. The first kappa shape index (κ1) is 64.7. The van der Waals surface area contributed by atoms with Gasteiger partial charge in [0.2, 0.25) is 0 Å². The Morgan fingerprint density at radius 3 is 1.00 bits per heavy atom. The Morgan fingerprint density at radius 1 is 0.209 bits per heavy atom. The number of hydrogen-bond acceptors (Lipinski definition) is 4. The van der Waals surface area contributed by atoms with Crippen LogP contribution in [0.5, 0.6) is 0 Å². The van der Waals surface area contributed by atoms with Gasteiger partial charge in [0.25, 0.3) is 0 Å². The molecule has 17 aromatic rings. The maximum atomic E-state index is 2.53. The summed E-state index contributed by atoms with van der Waals surface area (Å²) in [5.41, 5.74) is 35.0.